The average Bonchev–Trinajstić information content (AvgIpc) is 3.17. The first kappa shape index (κ1) is 21.9. The summed E-state index contributed by atoms with van der Waals surface area (Å²) >= 11 is 0. The number of Topliss-reactive ketones (excluding diaryl/α,β-unsaturated/α-hetero) is 1. The quantitative estimate of drug-likeness (QED) is 0.397. The van der Waals surface area contributed by atoms with Crippen LogP contribution < -0.4 is 9.04 Å². The van der Waals surface area contributed by atoms with Crippen molar-refractivity contribution in [2.45, 2.75) is 19.3 Å². The maximum absolute atomic E-state index is 12.6. The van der Waals surface area contributed by atoms with Crippen LogP contribution in [0.25, 0.3) is 11.0 Å². The molecule has 168 valence electrons. The standard InChI is InChI=1S/C23H23NO7S/c1-29-18-6-7-19-17(13-30-22(19)12-18)11-23(26)31-14-21(25)16-5-8-20-15(10-16)4-3-9-24(20)32(2,27)28/h5-8,10,12-13H,3-4,9,11,14H2,1-2H3. The van der Waals surface area contributed by atoms with E-state index in [1.165, 1.54) is 16.8 Å². The topological polar surface area (TPSA) is 103 Å². The van der Waals surface area contributed by atoms with Crippen molar-refractivity contribution in [1.29, 1.82) is 0 Å². The first-order chi connectivity index (χ1) is 15.3. The maximum atomic E-state index is 12.6. The van der Waals surface area contributed by atoms with E-state index in [1.807, 2.05) is 0 Å². The van der Waals surface area contributed by atoms with E-state index >= 15 is 0 Å². The summed E-state index contributed by atoms with van der Waals surface area (Å²) in [7, 11) is -1.81. The molecule has 1 aliphatic rings. The Morgan fingerprint density at radius 2 is 1.97 bits per heavy atom. The van der Waals surface area contributed by atoms with Crippen LogP contribution >= 0.6 is 0 Å². The number of aryl methyl sites for hydroxylation is 1. The van der Waals surface area contributed by atoms with Crippen molar-refractivity contribution in [3.05, 3.63) is 59.4 Å². The third-order valence-electron chi connectivity index (χ3n) is 5.44. The molecule has 0 amide bonds. The van der Waals surface area contributed by atoms with Crippen molar-refractivity contribution < 1.29 is 31.9 Å². The van der Waals surface area contributed by atoms with Crippen molar-refractivity contribution >= 4 is 38.4 Å². The number of hydrogen-bond donors (Lipinski definition) is 0. The van der Waals surface area contributed by atoms with Crippen molar-refractivity contribution in [3.63, 3.8) is 0 Å². The Morgan fingerprint density at radius 3 is 2.72 bits per heavy atom. The number of benzene rings is 2. The molecule has 8 nitrogen and oxygen atoms in total. The number of carbonyl (C=O) groups is 2. The van der Waals surface area contributed by atoms with E-state index in [-0.39, 0.29) is 12.2 Å². The molecule has 9 heteroatoms. The second-order valence-corrected chi connectivity index (χ2v) is 9.57. The highest BCUT2D eigenvalue weighted by Gasteiger charge is 2.25. The second-order valence-electron chi connectivity index (χ2n) is 7.67. The first-order valence-electron chi connectivity index (χ1n) is 10.1. The van der Waals surface area contributed by atoms with Crippen LogP contribution in [0.5, 0.6) is 5.75 Å². The van der Waals surface area contributed by atoms with Gasteiger partial charge in [-0.2, -0.15) is 0 Å². The van der Waals surface area contributed by atoms with Gasteiger partial charge in [-0.25, -0.2) is 8.42 Å². The molecule has 0 N–H and O–H groups in total. The van der Waals surface area contributed by atoms with Gasteiger partial charge in [-0.1, -0.05) is 0 Å². The number of carbonyl (C=O) groups excluding carboxylic acids is 2. The minimum Gasteiger partial charge on any atom is -0.497 e. The molecule has 1 aliphatic heterocycles. The van der Waals surface area contributed by atoms with Crippen molar-refractivity contribution in [1.82, 2.24) is 0 Å². The zero-order valence-electron chi connectivity index (χ0n) is 17.8. The lowest BCUT2D eigenvalue weighted by molar-refractivity contribution is -0.141. The molecule has 0 unspecified atom stereocenters. The fourth-order valence-corrected chi connectivity index (χ4v) is 4.84. The Labute approximate surface area is 185 Å². The number of furan rings is 1. The van der Waals surface area contributed by atoms with E-state index in [2.05, 4.69) is 0 Å². The van der Waals surface area contributed by atoms with Gasteiger partial charge in [-0.15, -0.1) is 0 Å². The molecule has 0 spiro atoms. The molecule has 0 saturated heterocycles. The van der Waals surface area contributed by atoms with Crippen LogP contribution in [0.15, 0.2) is 47.1 Å². The largest absolute Gasteiger partial charge is 0.497 e. The lowest BCUT2D eigenvalue weighted by Crippen LogP contribution is -2.34. The van der Waals surface area contributed by atoms with Crippen molar-refractivity contribution in [3.8, 4) is 5.75 Å². The minimum absolute atomic E-state index is 0.0277. The lowest BCUT2D eigenvalue weighted by atomic mass is 9.99. The SMILES string of the molecule is COc1ccc2c(CC(=O)OCC(=O)c3ccc4c(c3)CCCN4S(C)(=O)=O)coc2c1. The lowest BCUT2D eigenvalue weighted by Gasteiger charge is -2.29. The number of ether oxygens (including phenoxy) is 2. The molecule has 1 aromatic heterocycles. The summed E-state index contributed by atoms with van der Waals surface area (Å²) in [6.07, 6.45) is 3.99. The molecular weight excluding hydrogens is 434 g/mol. The Balaban J connectivity index is 1.40. The van der Waals surface area contributed by atoms with E-state index in [0.717, 1.165) is 10.9 Å². The Hall–Kier alpha value is -3.33. The van der Waals surface area contributed by atoms with E-state index in [9.17, 15) is 18.0 Å². The van der Waals surface area contributed by atoms with Crippen LogP contribution in [0, 0.1) is 0 Å². The third-order valence-corrected chi connectivity index (χ3v) is 6.62. The summed E-state index contributed by atoms with van der Waals surface area (Å²) in [5, 5.41) is 0.777. The van der Waals surface area contributed by atoms with E-state index in [0.29, 0.717) is 47.5 Å². The molecular formula is C23H23NO7S. The number of anilines is 1. The Bertz CT molecular complexity index is 1290. The summed E-state index contributed by atoms with van der Waals surface area (Å²) in [6.45, 7) is 0.0310. The average molecular weight is 458 g/mol. The third kappa shape index (κ3) is 4.47. The number of methoxy groups -OCH3 is 1. The van der Waals surface area contributed by atoms with Crippen LogP contribution in [0.1, 0.15) is 27.9 Å². The van der Waals surface area contributed by atoms with Crippen molar-refractivity contribution in [2.24, 2.45) is 0 Å². The zero-order chi connectivity index (χ0) is 22.9. The summed E-state index contributed by atoms with van der Waals surface area (Å²) < 4.78 is 41.1. The summed E-state index contributed by atoms with van der Waals surface area (Å²) in [4.78, 5) is 24.8. The van der Waals surface area contributed by atoms with Crippen LogP contribution in [0.3, 0.4) is 0 Å². The molecule has 0 saturated carbocycles. The van der Waals surface area contributed by atoms with Gasteiger partial charge in [0.2, 0.25) is 10.0 Å². The summed E-state index contributed by atoms with van der Waals surface area (Å²) in [6, 6.07) is 10.2. The molecule has 32 heavy (non-hydrogen) atoms. The number of rotatable bonds is 7. The highest BCUT2D eigenvalue weighted by Crippen LogP contribution is 2.30. The van der Waals surface area contributed by atoms with E-state index in [1.54, 1.807) is 43.5 Å². The smallest absolute Gasteiger partial charge is 0.310 e. The highest BCUT2D eigenvalue weighted by atomic mass is 32.2. The number of nitrogens with zero attached hydrogens (tertiary/aromatic N) is 1. The molecule has 3 aromatic rings. The molecule has 0 fully saturated rings. The Morgan fingerprint density at radius 1 is 1.16 bits per heavy atom. The number of fused-ring (bicyclic) bond motifs is 2. The van der Waals surface area contributed by atoms with E-state index in [4.69, 9.17) is 13.9 Å². The van der Waals surface area contributed by atoms with Crippen LogP contribution in [0.4, 0.5) is 5.69 Å². The van der Waals surface area contributed by atoms with Gasteiger partial charge in [0.15, 0.2) is 12.4 Å². The van der Waals surface area contributed by atoms with Gasteiger partial charge in [0, 0.05) is 29.1 Å². The zero-order valence-corrected chi connectivity index (χ0v) is 18.6. The number of sulfonamides is 1. The molecule has 0 atom stereocenters. The van der Waals surface area contributed by atoms with Crippen LogP contribution in [-0.2, 0) is 32.4 Å². The highest BCUT2D eigenvalue weighted by molar-refractivity contribution is 7.92. The minimum atomic E-state index is -3.37. The van der Waals surface area contributed by atoms with Gasteiger partial charge >= 0.3 is 5.97 Å². The first-order valence-corrected chi connectivity index (χ1v) is 11.9. The number of esters is 1. The van der Waals surface area contributed by atoms with Gasteiger partial charge in [-0.3, -0.25) is 13.9 Å². The van der Waals surface area contributed by atoms with Crippen LogP contribution in [-0.4, -0.2) is 46.7 Å². The predicted octanol–water partition coefficient (Wildman–Crippen LogP) is 3.12. The monoisotopic (exact) mass is 457 g/mol. The summed E-state index contributed by atoms with van der Waals surface area (Å²) in [5.74, 6) is -0.242. The van der Waals surface area contributed by atoms with E-state index < -0.39 is 22.6 Å². The van der Waals surface area contributed by atoms with Gasteiger partial charge in [0.25, 0.3) is 0 Å². The molecule has 2 heterocycles. The van der Waals surface area contributed by atoms with Gasteiger partial charge in [-0.05, 0) is 48.7 Å². The van der Waals surface area contributed by atoms with Crippen LogP contribution in [0.2, 0.25) is 0 Å². The molecule has 0 bridgehead atoms. The molecule has 0 aliphatic carbocycles. The molecule has 0 radical (unpaired) electrons. The van der Waals surface area contributed by atoms with Gasteiger partial charge in [0.05, 0.1) is 31.7 Å². The van der Waals surface area contributed by atoms with Gasteiger partial charge in [0.1, 0.15) is 11.3 Å². The fraction of sp³-hybridized carbons (Fsp3) is 0.304. The summed E-state index contributed by atoms with van der Waals surface area (Å²) in [5.41, 5.74) is 3.03. The molecule has 4 rings (SSSR count). The predicted molar refractivity (Wildman–Crippen MR) is 119 cm³/mol. The molecule has 2 aromatic carbocycles. The van der Waals surface area contributed by atoms with Crippen molar-refractivity contribution in [2.75, 3.05) is 30.8 Å². The number of ketones is 1. The Kier molecular flexibility index (Phi) is 5.92. The van der Waals surface area contributed by atoms with Gasteiger partial charge < -0.3 is 13.9 Å². The maximum Gasteiger partial charge on any atom is 0.310 e. The second kappa shape index (κ2) is 8.66. The fourth-order valence-electron chi connectivity index (χ4n) is 3.84. The normalized spacial score (nSPS) is 13.6. The number of hydrogen-bond acceptors (Lipinski definition) is 7.